The van der Waals surface area contributed by atoms with E-state index in [0.29, 0.717) is 11.3 Å². The summed E-state index contributed by atoms with van der Waals surface area (Å²) in [7, 11) is 0. The Balaban J connectivity index is 2.77. The first-order valence-corrected chi connectivity index (χ1v) is 6.62. The number of pyridine rings is 1. The summed E-state index contributed by atoms with van der Waals surface area (Å²) in [5, 5.41) is 19.4. The first-order chi connectivity index (χ1) is 9.84. The Labute approximate surface area is 123 Å². The Morgan fingerprint density at radius 3 is 2.62 bits per heavy atom. The molecule has 1 aromatic heterocycles. The van der Waals surface area contributed by atoms with Gasteiger partial charge in [0.2, 0.25) is 0 Å². The van der Waals surface area contributed by atoms with Crippen LogP contribution in [0.3, 0.4) is 0 Å². The van der Waals surface area contributed by atoms with E-state index in [0.717, 1.165) is 10.9 Å². The second kappa shape index (κ2) is 5.41. The minimum Gasteiger partial charge on any atom is -0.480 e. The van der Waals surface area contributed by atoms with Gasteiger partial charge in [0.25, 0.3) is 0 Å². The molecule has 2 aromatic rings. The zero-order valence-corrected chi connectivity index (χ0v) is 12.3. The molecule has 0 aliphatic heterocycles. The van der Waals surface area contributed by atoms with Crippen molar-refractivity contribution in [2.75, 3.05) is 11.4 Å². The molecule has 5 heteroatoms. The van der Waals surface area contributed by atoms with Crippen molar-refractivity contribution >= 4 is 22.6 Å². The number of carbonyl (C=O) groups is 1. The quantitative estimate of drug-likeness (QED) is 0.937. The SMILES string of the molecule is CC(C)(C)N(CC(=O)O)c1c(C#N)cnc2ccccc12. The van der Waals surface area contributed by atoms with Gasteiger partial charge in [-0.2, -0.15) is 5.26 Å². The topological polar surface area (TPSA) is 77.2 Å². The van der Waals surface area contributed by atoms with E-state index in [1.165, 1.54) is 6.20 Å². The molecule has 21 heavy (non-hydrogen) atoms. The van der Waals surface area contributed by atoms with Crippen LogP contribution in [0.25, 0.3) is 10.9 Å². The highest BCUT2D eigenvalue weighted by Gasteiger charge is 2.27. The van der Waals surface area contributed by atoms with Gasteiger partial charge in [-0.05, 0) is 26.8 Å². The van der Waals surface area contributed by atoms with E-state index in [-0.39, 0.29) is 6.54 Å². The molecule has 1 N–H and O–H groups in total. The number of aromatic nitrogens is 1. The highest BCUT2D eigenvalue weighted by Crippen LogP contribution is 2.33. The lowest BCUT2D eigenvalue weighted by molar-refractivity contribution is -0.135. The third kappa shape index (κ3) is 2.95. The molecule has 2 rings (SSSR count). The van der Waals surface area contributed by atoms with Crippen molar-refractivity contribution < 1.29 is 9.90 Å². The number of aliphatic carboxylic acids is 1. The van der Waals surface area contributed by atoms with E-state index in [9.17, 15) is 15.2 Å². The molecule has 1 aromatic carbocycles. The number of benzene rings is 1. The van der Waals surface area contributed by atoms with E-state index in [2.05, 4.69) is 11.1 Å². The Morgan fingerprint density at radius 1 is 1.38 bits per heavy atom. The van der Waals surface area contributed by atoms with Crippen LogP contribution in [0.4, 0.5) is 5.69 Å². The fourth-order valence-corrected chi connectivity index (χ4v) is 2.29. The smallest absolute Gasteiger partial charge is 0.323 e. The molecule has 0 spiro atoms. The fraction of sp³-hybridized carbons (Fsp3) is 0.312. The minimum absolute atomic E-state index is 0.174. The van der Waals surface area contributed by atoms with Gasteiger partial charge in [-0.15, -0.1) is 0 Å². The van der Waals surface area contributed by atoms with Crippen molar-refractivity contribution in [3.8, 4) is 6.07 Å². The number of carboxylic acid groups (broad SMARTS) is 1. The predicted octanol–water partition coefficient (Wildman–Crippen LogP) is 2.80. The van der Waals surface area contributed by atoms with Crippen LogP contribution in [-0.4, -0.2) is 28.1 Å². The number of para-hydroxylation sites is 1. The van der Waals surface area contributed by atoms with Crippen LogP contribution in [0, 0.1) is 11.3 Å². The highest BCUT2D eigenvalue weighted by atomic mass is 16.4. The van der Waals surface area contributed by atoms with Crippen LogP contribution < -0.4 is 4.90 Å². The molecule has 0 saturated carbocycles. The Hall–Kier alpha value is -2.61. The summed E-state index contributed by atoms with van der Waals surface area (Å²) in [6, 6.07) is 9.55. The zero-order chi connectivity index (χ0) is 15.6. The van der Waals surface area contributed by atoms with Gasteiger partial charge in [0.05, 0.1) is 16.8 Å². The number of rotatable bonds is 3. The van der Waals surface area contributed by atoms with Crippen LogP contribution in [0.1, 0.15) is 26.3 Å². The van der Waals surface area contributed by atoms with Gasteiger partial charge in [-0.3, -0.25) is 9.78 Å². The number of carboxylic acids is 1. The first kappa shape index (κ1) is 14.8. The summed E-state index contributed by atoms with van der Waals surface area (Å²) < 4.78 is 0. The van der Waals surface area contributed by atoms with Gasteiger partial charge in [0.15, 0.2) is 0 Å². The molecule has 0 amide bonds. The zero-order valence-electron chi connectivity index (χ0n) is 12.3. The summed E-state index contributed by atoms with van der Waals surface area (Å²) in [6.07, 6.45) is 1.50. The lowest BCUT2D eigenvalue weighted by Gasteiger charge is -2.37. The summed E-state index contributed by atoms with van der Waals surface area (Å²) in [5.41, 5.74) is 1.31. The molecule has 0 radical (unpaired) electrons. The molecule has 0 fully saturated rings. The van der Waals surface area contributed by atoms with Crippen LogP contribution in [0.15, 0.2) is 30.5 Å². The summed E-state index contributed by atoms with van der Waals surface area (Å²) >= 11 is 0. The second-order valence-corrected chi connectivity index (χ2v) is 5.80. The lowest BCUT2D eigenvalue weighted by Crippen LogP contribution is -2.45. The largest absolute Gasteiger partial charge is 0.480 e. The fourth-order valence-electron chi connectivity index (χ4n) is 2.29. The molecule has 0 aliphatic carbocycles. The Morgan fingerprint density at radius 2 is 2.05 bits per heavy atom. The standard InChI is InChI=1S/C16H17N3O2/c1-16(2,3)19(10-14(20)21)15-11(8-17)9-18-13-7-5-4-6-12(13)15/h4-7,9H,10H2,1-3H3,(H,20,21). The molecule has 0 aliphatic rings. The van der Waals surface area contributed by atoms with Crippen molar-refractivity contribution in [1.82, 2.24) is 4.98 Å². The van der Waals surface area contributed by atoms with Gasteiger partial charge >= 0.3 is 5.97 Å². The molecule has 1 heterocycles. The van der Waals surface area contributed by atoms with Crippen molar-refractivity contribution in [1.29, 1.82) is 5.26 Å². The van der Waals surface area contributed by atoms with Gasteiger partial charge < -0.3 is 10.0 Å². The van der Waals surface area contributed by atoms with Crippen molar-refractivity contribution in [2.45, 2.75) is 26.3 Å². The first-order valence-electron chi connectivity index (χ1n) is 6.62. The maximum absolute atomic E-state index is 11.2. The molecular weight excluding hydrogens is 266 g/mol. The van der Waals surface area contributed by atoms with Crippen molar-refractivity contribution in [3.05, 3.63) is 36.0 Å². The van der Waals surface area contributed by atoms with Gasteiger partial charge in [0, 0.05) is 17.1 Å². The van der Waals surface area contributed by atoms with Gasteiger partial charge in [-0.25, -0.2) is 0 Å². The van der Waals surface area contributed by atoms with Gasteiger partial charge in [0.1, 0.15) is 12.6 Å². The van der Waals surface area contributed by atoms with E-state index >= 15 is 0 Å². The third-order valence-electron chi connectivity index (χ3n) is 3.24. The predicted molar refractivity (Wildman–Crippen MR) is 81.2 cm³/mol. The van der Waals surface area contributed by atoms with Crippen molar-refractivity contribution in [3.63, 3.8) is 0 Å². The molecule has 108 valence electrons. The average Bonchev–Trinajstić information content (AvgIpc) is 2.42. The number of nitriles is 1. The van der Waals surface area contributed by atoms with E-state index < -0.39 is 11.5 Å². The molecule has 5 nitrogen and oxygen atoms in total. The monoisotopic (exact) mass is 283 g/mol. The van der Waals surface area contributed by atoms with Crippen LogP contribution in [0.2, 0.25) is 0 Å². The molecule has 0 saturated heterocycles. The lowest BCUT2D eigenvalue weighted by atomic mass is 10.0. The highest BCUT2D eigenvalue weighted by molar-refractivity contribution is 5.96. The number of hydrogen-bond donors (Lipinski definition) is 1. The molecule has 0 bridgehead atoms. The summed E-state index contributed by atoms with van der Waals surface area (Å²) in [4.78, 5) is 17.2. The maximum atomic E-state index is 11.2. The van der Waals surface area contributed by atoms with Crippen LogP contribution >= 0.6 is 0 Å². The Kier molecular flexibility index (Phi) is 3.81. The van der Waals surface area contributed by atoms with Crippen LogP contribution in [-0.2, 0) is 4.79 Å². The number of nitrogens with zero attached hydrogens (tertiary/aromatic N) is 3. The number of anilines is 1. The maximum Gasteiger partial charge on any atom is 0.323 e. The Bertz CT molecular complexity index is 726. The number of fused-ring (bicyclic) bond motifs is 1. The normalized spacial score (nSPS) is 11.1. The number of hydrogen-bond acceptors (Lipinski definition) is 4. The third-order valence-corrected chi connectivity index (χ3v) is 3.24. The van der Waals surface area contributed by atoms with E-state index in [1.54, 1.807) is 4.90 Å². The van der Waals surface area contributed by atoms with E-state index in [1.807, 2.05) is 45.0 Å². The van der Waals surface area contributed by atoms with Crippen molar-refractivity contribution in [2.24, 2.45) is 0 Å². The summed E-state index contributed by atoms with van der Waals surface area (Å²) in [6.45, 7) is 5.59. The average molecular weight is 283 g/mol. The van der Waals surface area contributed by atoms with Gasteiger partial charge in [-0.1, -0.05) is 18.2 Å². The van der Waals surface area contributed by atoms with Crippen LogP contribution in [0.5, 0.6) is 0 Å². The minimum atomic E-state index is -0.935. The molecular formula is C16H17N3O2. The molecule has 0 atom stereocenters. The second-order valence-electron chi connectivity index (χ2n) is 5.80. The summed E-state index contributed by atoms with van der Waals surface area (Å²) in [5.74, 6) is -0.935. The molecule has 0 unspecified atom stereocenters. The van der Waals surface area contributed by atoms with E-state index in [4.69, 9.17) is 0 Å².